The number of ether oxygens (including phenoxy) is 1. The van der Waals surface area contributed by atoms with Crippen LogP contribution in [0.4, 0.5) is 4.79 Å². The van der Waals surface area contributed by atoms with Crippen molar-refractivity contribution in [2.45, 2.75) is 79.5 Å². The number of benzene rings is 1. The van der Waals surface area contributed by atoms with Gasteiger partial charge >= 0.3 is 6.09 Å². The molecule has 0 aliphatic heterocycles. The predicted octanol–water partition coefficient (Wildman–Crippen LogP) is 3.63. The molecule has 0 bridgehead atoms. The number of rotatable bonds is 8. The first-order chi connectivity index (χ1) is 13.8. The third-order valence-corrected chi connectivity index (χ3v) is 4.12. The van der Waals surface area contributed by atoms with Crippen molar-refractivity contribution in [3.63, 3.8) is 0 Å². The highest BCUT2D eigenvalue weighted by Crippen LogP contribution is 2.24. The Morgan fingerprint density at radius 2 is 1.63 bits per heavy atom. The van der Waals surface area contributed by atoms with Crippen LogP contribution in [0.3, 0.4) is 0 Å². The van der Waals surface area contributed by atoms with Gasteiger partial charge in [-0.05, 0) is 60.5 Å². The fourth-order valence-corrected chi connectivity index (χ4v) is 3.21. The van der Waals surface area contributed by atoms with Crippen LogP contribution in [0.5, 0.6) is 0 Å². The zero-order valence-electron chi connectivity index (χ0n) is 19.6. The molecular weight excluding hydrogens is 382 g/mol. The molecule has 1 unspecified atom stereocenters. The fraction of sp³-hybridized carbons (Fsp3) is 0.609. The molecule has 0 aliphatic carbocycles. The fourth-order valence-electron chi connectivity index (χ4n) is 3.21. The Labute approximate surface area is 180 Å². The largest absolute Gasteiger partial charge is 0.444 e. The monoisotopic (exact) mass is 419 g/mol. The van der Waals surface area contributed by atoms with Gasteiger partial charge < -0.3 is 20.3 Å². The van der Waals surface area contributed by atoms with Gasteiger partial charge in [-0.25, -0.2) is 4.79 Å². The maximum absolute atomic E-state index is 13.1. The summed E-state index contributed by atoms with van der Waals surface area (Å²) < 4.78 is 5.20. The van der Waals surface area contributed by atoms with Crippen molar-refractivity contribution in [2.24, 2.45) is 0 Å². The van der Waals surface area contributed by atoms with E-state index in [4.69, 9.17) is 4.74 Å². The Kier molecular flexibility index (Phi) is 9.33. The number of hydrogen-bond donors (Lipinski definition) is 2. The van der Waals surface area contributed by atoms with Gasteiger partial charge in [0.2, 0.25) is 11.8 Å². The molecule has 0 saturated heterocycles. The number of nitrogens with one attached hydrogen (secondary N) is 2. The zero-order valence-corrected chi connectivity index (χ0v) is 19.6. The summed E-state index contributed by atoms with van der Waals surface area (Å²) in [6.45, 7) is 15.0. The molecule has 168 valence electrons. The van der Waals surface area contributed by atoms with E-state index in [1.54, 1.807) is 20.8 Å². The topological polar surface area (TPSA) is 87.7 Å². The Morgan fingerprint density at radius 1 is 1.07 bits per heavy atom. The van der Waals surface area contributed by atoms with E-state index in [1.165, 1.54) is 4.90 Å². The van der Waals surface area contributed by atoms with E-state index in [-0.39, 0.29) is 24.4 Å². The third-order valence-electron chi connectivity index (χ3n) is 4.12. The Morgan fingerprint density at radius 3 is 2.10 bits per heavy atom. The summed E-state index contributed by atoms with van der Waals surface area (Å²) >= 11 is 0. The molecule has 30 heavy (non-hydrogen) atoms. The molecule has 0 radical (unpaired) electrons. The van der Waals surface area contributed by atoms with Crippen LogP contribution in [0.1, 0.15) is 70.7 Å². The second kappa shape index (κ2) is 11.0. The van der Waals surface area contributed by atoms with Crippen LogP contribution in [0.25, 0.3) is 0 Å². The lowest BCUT2D eigenvalue weighted by atomic mass is 9.98. The molecule has 7 heteroatoms. The van der Waals surface area contributed by atoms with Gasteiger partial charge in [0, 0.05) is 12.6 Å². The van der Waals surface area contributed by atoms with Gasteiger partial charge in [0.15, 0.2) is 0 Å². The van der Waals surface area contributed by atoms with Crippen molar-refractivity contribution in [2.75, 3.05) is 13.1 Å². The van der Waals surface area contributed by atoms with Crippen LogP contribution in [-0.4, -0.2) is 47.5 Å². The standard InChI is InChI=1S/C23H37N3O4/c1-9-10-26(19(27)14-24-22(29)30-23(6,7)8)20(21(28)25-15(2)3)18-12-16(4)11-17(5)13-18/h11-13,15,20H,9-10,14H2,1-8H3,(H,24,29)(H,25,28). The van der Waals surface area contributed by atoms with E-state index >= 15 is 0 Å². The van der Waals surface area contributed by atoms with E-state index in [1.807, 2.05) is 52.8 Å². The van der Waals surface area contributed by atoms with Gasteiger partial charge in [-0.3, -0.25) is 9.59 Å². The SMILES string of the molecule is CCCN(C(=O)CNC(=O)OC(C)(C)C)C(C(=O)NC(C)C)c1cc(C)cc(C)c1. The summed E-state index contributed by atoms with van der Waals surface area (Å²) in [4.78, 5) is 39.7. The Balaban J connectivity index is 3.18. The van der Waals surface area contributed by atoms with Crippen molar-refractivity contribution in [3.05, 3.63) is 34.9 Å². The maximum atomic E-state index is 13.1. The molecule has 3 amide bonds. The number of carbonyl (C=O) groups is 3. The van der Waals surface area contributed by atoms with Gasteiger partial charge in [0.25, 0.3) is 0 Å². The lowest BCUT2D eigenvalue weighted by Crippen LogP contribution is -2.49. The normalized spacial score (nSPS) is 12.3. The molecule has 2 N–H and O–H groups in total. The first-order valence-corrected chi connectivity index (χ1v) is 10.5. The molecule has 7 nitrogen and oxygen atoms in total. The van der Waals surface area contributed by atoms with Gasteiger partial charge in [0.1, 0.15) is 18.2 Å². The summed E-state index contributed by atoms with van der Waals surface area (Å²) in [6, 6.07) is 5.03. The number of amides is 3. The molecule has 1 aromatic rings. The first-order valence-electron chi connectivity index (χ1n) is 10.5. The van der Waals surface area contributed by atoms with Crippen molar-refractivity contribution in [1.82, 2.24) is 15.5 Å². The second-order valence-electron chi connectivity index (χ2n) is 8.93. The van der Waals surface area contributed by atoms with Gasteiger partial charge in [0.05, 0.1) is 0 Å². The number of alkyl carbamates (subject to hydrolysis) is 1. The van der Waals surface area contributed by atoms with Crippen molar-refractivity contribution in [1.29, 1.82) is 0 Å². The van der Waals surface area contributed by atoms with Crippen LogP contribution >= 0.6 is 0 Å². The molecule has 1 atom stereocenters. The highest BCUT2D eigenvalue weighted by atomic mass is 16.6. The number of aryl methyl sites for hydroxylation is 2. The van der Waals surface area contributed by atoms with Crippen molar-refractivity contribution < 1.29 is 19.1 Å². The minimum Gasteiger partial charge on any atom is -0.444 e. The van der Waals surface area contributed by atoms with Crippen LogP contribution in [0.15, 0.2) is 18.2 Å². The van der Waals surface area contributed by atoms with Crippen LogP contribution in [0.2, 0.25) is 0 Å². The summed E-state index contributed by atoms with van der Waals surface area (Å²) in [6.07, 6.45) is 0.0101. The molecule has 1 rings (SSSR count). The molecule has 0 spiro atoms. The van der Waals surface area contributed by atoms with E-state index in [9.17, 15) is 14.4 Å². The first kappa shape index (κ1) is 25.5. The third kappa shape index (κ3) is 8.43. The highest BCUT2D eigenvalue weighted by molar-refractivity contribution is 5.90. The minimum atomic E-state index is -0.779. The summed E-state index contributed by atoms with van der Waals surface area (Å²) in [5, 5.41) is 5.43. The molecule has 0 fully saturated rings. The predicted molar refractivity (Wildman–Crippen MR) is 118 cm³/mol. The van der Waals surface area contributed by atoms with Crippen LogP contribution in [0, 0.1) is 13.8 Å². The van der Waals surface area contributed by atoms with E-state index in [2.05, 4.69) is 10.6 Å². The average molecular weight is 420 g/mol. The minimum absolute atomic E-state index is 0.0654. The maximum Gasteiger partial charge on any atom is 0.408 e. The molecule has 0 heterocycles. The summed E-state index contributed by atoms with van der Waals surface area (Å²) in [5.41, 5.74) is 2.13. The van der Waals surface area contributed by atoms with Gasteiger partial charge in [-0.2, -0.15) is 0 Å². The van der Waals surface area contributed by atoms with Crippen LogP contribution in [-0.2, 0) is 14.3 Å². The van der Waals surface area contributed by atoms with Crippen molar-refractivity contribution in [3.8, 4) is 0 Å². The quantitative estimate of drug-likeness (QED) is 0.673. The smallest absolute Gasteiger partial charge is 0.408 e. The van der Waals surface area contributed by atoms with Gasteiger partial charge in [-0.1, -0.05) is 36.2 Å². The van der Waals surface area contributed by atoms with Crippen molar-refractivity contribution >= 4 is 17.9 Å². The van der Waals surface area contributed by atoms with E-state index < -0.39 is 17.7 Å². The lowest BCUT2D eigenvalue weighted by Gasteiger charge is -2.32. The highest BCUT2D eigenvalue weighted by Gasteiger charge is 2.32. The zero-order chi connectivity index (χ0) is 23.1. The lowest BCUT2D eigenvalue weighted by molar-refractivity contribution is -0.140. The molecule has 1 aromatic carbocycles. The summed E-state index contributed by atoms with van der Waals surface area (Å²) in [5.74, 6) is -0.583. The number of hydrogen-bond acceptors (Lipinski definition) is 4. The van der Waals surface area contributed by atoms with E-state index in [0.717, 1.165) is 16.7 Å². The average Bonchev–Trinajstić information content (AvgIpc) is 2.56. The van der Waals surface area contributed by atoms with Crippen LogP contribution < -0.4 is 10.6 Å². The molecular formula is C23H37N3O4. The van der Waals surface area contributed by atoms with Gasteiger partial charge in [-0.15, -0.1) is 0 Å². The Hall–Kier alpha value is -2.57. The molecule has 0 aromatic heterocycles. The summed E-state index contributed by atoms with van der Waals surface area (Å²) in [7, 11) is 0. The number of carbonyl (C=O) groups excluding carboxylic acids is 3. The Bertz CT molecular complexity index is 733. The molecule has 0 saturated carbocycles. The van der Waals surface area contributed by atoms with E-state index in [0.29, 0.717) is 13.0 Å². The number of nitrogens with zero attached hydrogens (tertiary/aromatic N) is 1. The second-order valence-corrected chi connectivity index (χ2v) is 8.93. The molecule has 0 aliphatic rings.